The van der Waals surface area contributed by atoms with Gasteiger partial charge in [-0.25, -0.2) is 4.79 Å². The van der Waals surface area contributed by atoms with Crippen molar-refractivity contribution >= 4 is 40.8 Å². The van der Waals surface area contributed by atoms with Gasteiger partial charge in [-0.15, -0.1) is 11.8 Å². The number of aromatic carboxylic acids is 1. The molecule has 0 radical (unpaired) electrons. The van der Waals surface area contributed by atoms with Crippen LogP contribution in [0.25, 0.3) is 0 Å². The van der Waals surface area contributed by atoms with Gasteiger partial charge in [-0.3, -0.25) is 9.59 Å². The first-order valence-corrected chi connectivity index (χ1v) is 9.33. The minimum Gasteiger partial charge on any atom is -0.507 e. The van der Waals surface area contributed by atoms with Crippen LogP contribution in [0.1, 0.15) is 33.2 Å². The Morgan fingerprint density at radius 3 is 2.54 bits per heavy atom. The summed E-state index contributed by atoms with van der Waals surface area (Å²) in [6.45, 7) is 1.71. The van der Waals surface area contributed by atoms with Crippen molar-refractivity contribution in [1.82, 2.24) is 0 Å². The summed E-state index contributed by atoms with van der Waals surface area (Å²) in [6.07, 6.45) is 0. The van der Waals surface area contributed by atoms with Gasteiger partial charge < -0.3 is 10.2 Å². The fourth-order valence-corrected chi connectivity index (χ4v) is 4.14. The molecule has 0 atom stereocenters. The molecule has 7 nitrogen and oxygen atoms in total. The molecule has 0 saturated heterocycles. The van der Waals surface area contributed by atoms with Crippen molar-refractivity contribution in [2.75, 3.05) is 10.8 Å². The van der Waals surface area contributed by atoms with Gasteiger partial charge in [0, 0.05) is 27.7 Å². The molecule has 2 aromatic carbocycles. The van der Waals surface area contributed by atoms with Crippen LogP contribution in [0.3, 0.4) is 0 Å². The molecule has 8 heteroatoms. The highest BCUT2D eigenvalue weighted by Crippen LogP contribution is 2.37. The summed E-state index contributed by atoms with van der Waals surface area (Å²) < 4.78 is 0. The van der Waals surface area contributed by atoms with Crippen LogP contribution in [0.15, 0.2) is 58.0 Å². The van der Waals surface area contributed by atoms with Gasteiger partial charge in [0.1, 0.15) is 17.0 Å². The molecule has 0 fully saturated rings. The Balaban J connectivity index is 1.89. The van der Waals surface area contributed by atoms with E-state index in [-0.39, 0.29) is 28.7 Å². The van der Waals surface area contributed by atoms with Gasteiger partial charge in [-0.05, 0) is 19.1 Å². The van der Waals surface area contributed by atoms with E-state index in [1.165, 1.54) is 30.0 Å². The van der Waals surface area contributed by atoms with E-state index in [1.54, 1.807) is 31.2 Å². The molecule has 140 valence electrons. The Morgan fingerprint density at radius 1 is 1.14 bits per heavy atom. The molecule has 4 rings (SSSR count). The number of phenols is 1. The summed E-state index contributed by atoms with van der Waals surface area (Å²) in [4.78, 5) is 37.1. The number of hydrazone groups is 1. The SMILES string of the molecule is CC1=C2SCC(=O)N(c3ccc(C(=O)O)c(O)c3)N=C2c2ccccc2C1=O. The number of thioether (sulfide) groups is 1. The summed E-state index contributed by atoms with van der Waals surface area (Å²) in [5.41, 5.74) is 2.16. The van der Waals surface area contributed by atoms with Crippen LogP contribution in [0.2, 0.25) is 0 Å². The third-order valence-electron chi connectivity index (χ3n) is 4.56. The Bertz CT molecular complexity index is 1120. The maximum Gasteiger partial charge on any atom is 0.339 e. The molecule has 0 bridgehead atoms. The van der Waals surface area contributed by atoms with E-state index in [0.717, 1.165) is 5.01 Å². The van der Waals surface area contributed by atoms with Crippen molar-refractivity contribution in [3.63, 3.8) is 0 Å². The average molecular weight is 394 g/mol. The smallest absolute Gasteiger partial charge is 0.339 e. The maximum atomic E-state index is 12.7. The molecular weight excluding hydrogens is 380 g/mol. The van der Waals surface area contributed by atoms with Gasteiger partial charge in [-0.2, -0.15) is 10.1 Å². The van der Waals surface area contributed by atoms with Gasteiger partial charge in [0.2, 0.25) is 0 Å². The molecule has 2 aromatic rings. The van der Waals surface area contributed by atoms with Gasteiger partial charge in [0.15, 0.2) is 5.78 Å². The van der Waals surface area contributed by atoms with Crippen LogP contribution in [0.4, 0.5) is 5.69 Å². The van der Waals surface area contributed by atoms with E-state index in [2.05, 4.69) is 5.10 Å². The van der Waals surface area contributed by atoms with Crippen molar-refractivity contribution in [2.24, 2.45) is 5.10 Å². The molecule has 2 N–H and O–H groups in total. The lowest BCUT2D eigenvalue weighted by atomic mass is 9.89. The van der Waals surface area contributed by atoms with Crippen molar-refractivity contribution in [2.45, 2.75) is 6.92 Å². The van der Waals surface area contributed by atoms with E-state index in [1.807, 2.05) is 0 Å². The van der Waals surface area contributed by atoms with Crippen molar-refractivity contribution < 1.29 is 24.6 Å². The quantitative estimate of drug-likeness (QED) is 0.811. The number of allylic oxidation sites excluding steroid dienone is 2. The highest BCUT2D eigenvalue weighted by Gasteiger charge is 2.33. The van der Waals surface area contributed by atoms with Crippen molar-refractivity contribution in [3.8, 4) is 5.75 Å². The van der Waals surface area contributed by atoms with E-state index < -0.39 is 11.7 Å². The first kappa shape index (κ1) is 18.0. The van der Waals surface area contributed by atoms with Crippen LogP contribution in [0, 0.1) is 0 Å². The predicted molar refractivity (Wildman–Crippen MR) is 105 cm³/mol. The Kier molecular flexibility index (Phi) is 4.27. The van der Waals surface area contributed by atoms with Crippen molar-refractivity contribution in [1.29, 1.82) is 0 Å². The number of anilines is 1. The zero-order valence-electron chi connectivity index (χ0n) is 14.7. The zero-order valence-corrected chi connectivity index (χ0v) is 15.5. The molecule has 2 aliphatic rings. The molecule has 0 saturated carbocycles. The number of carboxylic acids is 1. The minimum absolute atomic E-state index is 0.0521. The summed E-state index contributed by atoms with van der Waals surface area (Å²) in [6, 6.07) is 10.9. The normalized spacial score (nSPS) is 16.3. The van der Waals surface area contributed by atoms with E-state index in [9.17, 15) is 19.5 Å². The highest BCUT2D eigenvalue weighted by atomic mass is 32.2. The van der Waals surface area contributed by atoms with Crippen molar-refractivity contribution in [3.05, 3.63) is 69.6 Å². The largest absolute Gasteiger partial charge is 0.507 e. The van der Waals surface area contributed by atoms with Gasteiger partial charge in [0.05, 0.1) is 11.4 Å². The number of fused-ring (bicyclic) bond motifs is 3. The van der Waals surface area contributed by atoms with E-state index in [4.69, 9.17) is 5.11 Å². The van der Waals surface area contributed by atoms with Crippen LogP contribution >= 0.6 is 11.8 Å². The number of aromatic hydroxyl groups is 1. The number of carboxylic acid groups (broad SMARTS) is 1. The third kappa shape index (κ3) is 2.78. The third-order valence-corrected chi connectivity index (χ3v) is 5.74. The lowest BCUT2D eigenvalue weighted by molar-refractivity contribution is -0.116. The number of carbonyl (C=O) groups excluding carboxylic acids is 2. The fraction of sp³-hybridized carbons (Fsp3) is 0.100. The number of nitrogens with zero attached hydrogens (tertiary/aromatic N) is 2. The summed E-state index contributed by atoms with van der Waals surface area (Å²) in [5.74, 6) is -2.12. The summed E-state index contributed by atoms with van der Waals surface area (Å²) >= 11 is 1.24. The zero-order chi connectivity index (χ0) is 20.0. The average Bonchev–Trinajstić information content (AvgIpc) is 2.85. The van der Waals surface area contributed by atoms with Gasteiger partial charge >= 0.3 is 5.97 Å². The lowest BCUT2D eigenvalue weighted by Crippen LogP contribution is -2.27. The number of carbonyl (C=O) groups is 3. The second kappa shape index (κ2) is 6.65. The van der Waals surface area contributed by atoms with Crippen LogP contribution in [0.5, 0.6) is 5.75 Å². The maximum absolute atomic E-state index is 12.7. The fourth-order valence-electron chi connectivity index (χ4n) is 3.15. The van der Waals surface area contributed by atoms with Crippen LogP contribution in [-0.4, -0.2) is 39.3 Å². The summed E-state index contributed by atoms with van der Waals surface area (Å²) in [7, 11) is 0. The second-order valence-corrected chi connectivity index (χ2v) is 7.26. The number of amides is 1. The monoisotopic (exact) mass is 394 g/mol. The summed E-state index contributed by atoms with van der Waals surface area (Å²) in [5, 5.41) is 24.7. The number of Topliss-reactive ketones (excluding diaryl/α,β-unsaturated/α-hetero) is 1. The Hall–Kier alpha value is -3.39. The minimum atomic E-state index is -1.27. The predicted octanol–water partition coefficient (Wildman–Crippen LogP) is 3.04. The molecule has 1 aliphatic heterocycles. The van der Waals surface area contributed by atoms with E-state index in [0.29, 0.717) is 27.3 Å². The molecule has 0 aromatic heterocycles. The molecular formula is C20H14N2O5S. The molecule has 28 heavy (non-hydrogen) atoms. The molecule has 0 spiro atoms. The standard InChI is InChI=1S/C20H14N2O5S/c1-10-18(25)13-5-3-2-4-12(13)17-19(10)28-9-16(24)22(21-17)11-6-7-14(20(26)27)15(23)8-11/h2-8,23H,9H2,1H3,(H,26,27). The van der Waals surface area contributed by atoms with Crippen LogP contribution < -0.4 is 5.01 Å². The van der Waals surface area contributed by atoms with Gasteiger partial charge in [-0.1, -0.05) is 24.3 Å². The molecule has 1 aliphatic carbocycles. The first-order valence-electron chi connectivity index (χ1n) is 8.34. The van der Waals surface area contributed by atoms with Crippen LogP contribution in [-0.2, 0) is 4.79 Å². The van der Waals surface area contributed by atoms with Gasteiger partial charge in [0.25, 0.3) is 5.91 Å². The second-order valence-electron chi connectivity index (χ2n) is 6.28. The number of hydrogen-bond acceptors (Lipinski definition) is 6. The lowest BCUT2D eigenvalue weighted by Gasteiger charge is -2.21. The molecule has 1 heterocycles. The topological polar surface area (TPSA) is 107 Å². The Labute approximate surface area is 164 Å². The highest BCUT2D eigenvalue weighted by molar-refractivity contribution is 8.04. The molecule has 0 unspecified atom stereocenters. The first-order chi connectivity index (χ1) is 13.4. The number of ketones is 1. The number of benzene rings is 2. The van der Waals surface area contributed by atoms with E-state index >= 15 is 0 Å². The molecule has 1 amide bonds. The number of rotatable bonds is 2. The Morgan fingerprint density at radius 2 is 1.86 bits per heavy atom. The number of hydrogen-bond donors (Lipinski definition) is 2.